The van der Waals surface area contributed by atoms with E-state index in [0.29, 0.717) is 12.1 Å². The van der Waals surface area contributed by atoms with Crippen molar-refractivity contribution in [3.05, 3.63) is 58.6 Å². The van der Waals surface area contributed by atoms with Crippen LogP contribution in [0.25, 0.3) is 6.08 Å². The van der Waals surface area contributed by atoms with Gasteiger partial charge in [0.25, 0.3) is 0 Å². The average molecular weight is 340 g/mol. The molecule has 1 heterocycles. The van der Waals surface area contributed by atoms with Gasteiger partial charge in [-0.05, 0) is 30.3 Å². The summed E-state index contributed by atoms with van der Waals surface area (Å²) in [6.45, 7) is 0. The van der Waals surface area contributed by atoms with Gasteiger partial charge in [0.15, 0.2) is 17.3 Å². The molecule has 3 rings (SSSR count). The number of carbonyl (C=O) groups is 1. The highest BCUT2D eigenvalue weighted by Gasteiger charge is 2.33. The number of Topliss-reactive ketones (excluding diaryl/α,β-unsaturated/α-hetero) is 1. The van der Waals surface area contributed by atoms with Crippen molar-refractivity contribution in [3.63, 3.8) is 0 Å². The Morgan fingerprint density at radius 3 is 2.42 bits per heavy atom. The van der Waals surface area contributed by atoms with Gasteiger partial charge in [0.2, 0.25) is 11.5 Å². The van der Waals surface area contributed by atoms with Crippen LogP contribution < -0.4 is 4.74 Å². The smallest absolute Gasteiger partial charge is 0.416 e. The lowest BCUT2D eigenvalue weighted by Crippen LogP contribution is -2.06. The first-order valence-corrected chi connectivity index (χ1v) is 6.54. The third kappa shape index (κ3) is 2.55. The molecule has 0 spiro atoms. The van der Waals surface area contributed by atoms with Gasteiger partial charge < -0.3 is 14.9 Å². The molecular weight excluding hydrogens is 332 g/mol. The van der Waals surface area contributed by atoms with Crippen LogP contribution in [0.15, 0.2) is 36.1 Å². The molecule has 1 aliphatic rings. The molecule has 8 heteroatoms. The maximum atomic E-state index is 13.8. The maximum Gasteiger partial charge on any atom is 0.416 e. The lowest BCUT2D eigenvalue weighted by atomic mass is 10.1. The number of benzene rings is 2. The first-order valence-electron chi connectivity index (χ1n) is 6.54. The lowest BCUT2D eigenvalue weighted by molar-refractivity contribution is -0.137. The molecule has 0 saturated carbocycles. The van der Waals surface area contributed by atoms with E-state index in [1.165, 1.54) is 6.07 Å². The maximum absolute atomic E-state index is 13.8. The Hall–Kier alpha value is -3.03. The largest absolute Gasteiger partial charge is 0.504 e. The van der Waals surface area contributed by atoms with Gasteiger partial charge in [-0.15, -0.1) is 0 Å². The second-order valence-corrected chi connectivity index (χ2v) is 4.98. The standard InChI is InChI=1S/C16H8F4O4/c17-10-6-8(16(18,19)20)2-1-7(10)5-12-13(22)9-3-4-11(21)14(23)15(9)24-12/h1-6,21,23H/b12-5-. The number of carbonyl (C=O) groups excluding carboxylic acids is 1. The van der Waals surface area contributed by atoms with Crippen molar-refractivity contribution in [3.8, 4) is 17.2 Å². The third-order valence-corrected chi connectivity index (χ3v) is 3.41. The van der Waals surface area contributed by atoms with Gasteiger partial charge in [0, 0.05) is 5.56 Å². The number of hydrogen-bond acceptors (Lipinski definition) is 4. The van der Waals surface area contributed by atoms with E-state index < -0.39 is 34.8 Å². The molecule has 0 bridgehead atoms. The van der Waals surface area contributed by atoms with E-state index in [0.717, 1.165) is 18.2 Å². The number of alkyl halides is 3. The van der Waals surface area contributed by atoms with E-state index in [2.05, 4.69) is 0 Å². The van der Waals surface area contributed by atoms with Crippen molar-refractivity contribution in [2.75, 3.05) is 0 Å². The molecule has 0 aliphatic carbocycles. The molecule has 0 unspecified atom stereocenters. The number of rotatable bonds is 1. The van der Waals surface area contributed by atoms with Crippen LogP contribution in [0.4, 0.5) is 17.6 Å². The summed E-state index contributed by atoms with van der Waals surface area (Å²) in [5.41, 5.74) is -1.50. The van der Waals surface area contributed by atoms with E-state index in [9.17, 15) is 32.6 Å². The summed E-state index contributed by atoms with van der Waals surface area (Å²) in [7, 11) is 0. The molecule has 2 N–H and O–H groups in total. The Morgan fingerprint density at radius 2 is 1.79 bits per heavy atom. The third-order valence-electron chi connectivity index (χ3n) is 3.41. The van der Waals surface area contributed by atoms with Gasteiger partial charge >= 0.3 is 6.18 Å². The van der Waals surface area contributed by atoms with Crippen LogP contribution >= 0.6 is 0 Å². The second kappa shape index (κ2) is 5.26. The summed E-state index contributed by atoms with van der Waals surface area (Å²) in [5, 5.41) is 19.0. The summed E-state index contributed by atoms with van der Waals surface area (Å²) >= 11 is 0. The Balaban J connectivity index is 1.99. The van der Waals surface area contributed by atoms with Crippen molar-refractivity contribution in [2.45, 2.75) is 6.18 Å². The topological polar surface area (TPSA) is 66.8 Å². The zero-order valence-electron chi connectivity index (χ0n) is 11.7. The van der Waals surface area contributed by atoms with Crippen LogP contribution in [-0.4, -0.2) is 16.0 Å². The van der Waals surface area contributed by atoms with Crippen molar-refractivity contribution in [2.24, 2.45) is 0 Å². The van der Waals surface area contributed by atoms with Crippen LogP contribution in [0, 0.1) is 5.82 Å². The van der Waals surface area contributed by atoms with Crippen LogP contribution in [0.2, 0.25) is 0 Å². The fraction of sp³-hybridized carbons (Fsp3) is 0.0625. The SMILES string of the molecule is O=C1/C(=C/c2ccc(C(F)(F)F)cc2F)Oc2c1ccc(O)c2O. The zero-order valence-corrected chi connectivity index (χ0v) is 11.7. The minimum atomic E-state index is -4.69. The highest BCUT2D eigenvalue weighted by Crippen LogP contribution is 2.44. The first kappa shape index (κ1) is 15.9. The molecule has 2 aromatic carbocycles. The fourth-order valence-electron chi connectivity index (χ4n) is 2.19. The quantitative estimate of drug-likeness (QED) is 0.470. The summed E-state index contributed by atoms with van der Waals surface area (Å²) in [5.74, 6) is -3.72. The molecule has 4 nitrogen and oxygen atoms in total. The van der Waals surface area contributed by atoms with Crippen LogP contribution in [0.1, 0.15) is 21.5 Å². The normalized spacial score (nSPS) is 15.5. The number of aromatic hydroxyl groups is 2. The number of ketones is 1. The second-order valence-electron chi connectivity index (χ2n) is 4.98. The molecule has 0 atom stereocenters. The number of allylic oxidation sites excluding steroid dienone is 1. The van der Waals surface area contributed by atoms with Crippen molar-refractivity contribution >= 4 is 11.9 Å². The van der Waals surface area contributed by atoms with Gasteiger partial charge in [-0.25, -0.2) is 4.39 Å². The number of halogens is 4. The van der Waals surface area contributed by atoms with E-state index in [-0.39, 0.29) is 22.6 Å². The molecule has 1 aliphatic heterocycles. The highest BCUT2D eigenvalue weighted by atomic mass is 19.4. The number of fused-ring (bicyclic) bond motifs is 1. The number of phenolic OH excluding ortho intramolecular Hbond substituents is 2. The molecule has 124 valence electrons. The predicted molar refractivity (Wildman–Crippen MR) is 74.1 cm³/mol. The van der Waals surface area contributed by atoms with Gasteiger partial charge in [-0.2, -0.15) is 13.2 Å². The van der Waals surface area contributed by atoms with E-state index in [1.54, 1.807) is 0 Å². The van der Waals surface area contributed by atoms with Crippen LogP contribution in [-0.2, 0) is 6.18 Å². The monoisotopic (exact) mass is 340 g/mol. The van der Waals surface area contributed by atoms with Crippen molar-refractivity contribution in [1.29, 1.82) is 0 Å². The number of hydrogen-bond donors (Lipinski definition) is 2. The molecular formula is C16H8F4O4. The first-order chi connectivity index (χ1) is 11.2. The summed E-state index contributed by atoms with van der Waals surface area (Å²) in [6.07, 6.45) is -3.76. The van der Waals surface area contributed by atoms with Crippen LogP contribution in [0.5, 0.6) is 17.2 Å². The molecule has 0 amide bonds. The predicted octanol–water partition coefficient (Wildman–Crippen LogP) is 3.87. The average Bonchev–Trinajstić information content (AvgIpc) is 2.81. The van der Waals surface area contributed by atoms with Gasteiger partial charge in [-0.3, -0.25) is 4.79 Å². The van der Waals surface area contributed by atoms with Crippen molar-refractivity contribution in [1.82, 2.24) is 0 Å². The molecule has 24 heavy (non-hydrogen) atoms. The number of phenols is 2. The summed E-state index contributed by atoms with van der Waals surface area (Å²) < 4.78 is 56.5. The Morgan fingerprint density at radius 1 is 1.08 bits per heavy atom. The van der Waals surface area contributed by atoms with Crippen molar-refractivity contribution < 1.29 is 37.3 Å². The molecule has 0 fully saturated rings. The minimum absolute atomic E-state index is 0.0520. The van der Waals surface area contributed by atoms with Gasteiger partial charge in [0.1, 0.15) is 5.82 Å². The lowest BCUT2D eigenvalue weighted by Gasteiger charge is -2.07. The highest BCUT2D eigenvalue weighted by molar-refractivity contribution is 6.15. The Bertz CT molecular complexity index is 884. The van der Waals surface area contributed by atoms with E-state index in [1.807, 2.05) is 0 Å². The van der Waals surface area contributed by atoms with E-state index in [4.69, 9.17) is 4.74 Å². The van der Waals surface area contributed by atoms with Crippen LogP contribution in [0.3, 0.4) is 0 Å². The van der Waals surface area contributed by atoms with E-state index >= 15 is 0 Å². The molecule has 0 saturated heterocycles. The fourth-order valence-corrected chi connectivity index (χ4v) is 2.19. The molecule has 0 aromatic heterocycles. The summed E-state index contributed by atoms with van der Waals surface area (Å²) in [6, 6.07) is 4.13. The Labute approximate surface area is 132 Å². The van der Waals surface area contributed by atoms with Gasteiger partial charge in [0.05, 0.1) is 11.1 Å². The minimum Gasteiger partial charge on any atom is -0.504 e. The zero-order chi connectivity index (χ0) is 17.6. The molecule has 2 aromatic rings. The Kier molecular flexibility index (Phi) is 3.47. The summed E-state index contributed by atoms with van der Waals surface area (Å²) in [4.78, 5) is 12.1. The van der Waals surface area contributed by atoms with Gasteiger partial charge in [-0.1, -0.05) is 6.07 Å². The number of ether oxygens (including phenoxy) is 1. The molecule has 0 radical (unpaired) electrons.